The normalized spacial score (nSPS) is 14.4. The molecule has 0 saturated heterocycles. The molecule has 3 aromatic rings. The number of aromatic nitrogens is 2. The molecule has 0 spiro atoms. The van der Waals surface area contributed by atoms with Crippen LogP contribution in [0.1, 0.15) is 37.3 Å². The third-order valence-corrected chi connectivity index (χ3v) is 4.95. The van der Waals surface area contributed by atoms with Gasteiger partial charge in [-0.3, -0.25) is 0 Å². The van der Waals surface area contributed by atoms with Gasteiger partial charge in [0.2, 0.25) is 5.82 Å². The first kappa shape index (κ1) is 16.0. The summed E-state index contributed by atoms with van der Waals surface area (Å²) in [6.07, 6.45) is 5.00. The smallest absolute Gasteiger partial charge is 0.258 e. The summed E-state index contributed by atoms with van der Waals surface area (Å²) in [6, 6.07) is 17.4. The van der Waals surface area contributed by atoms with E-state index < -0.39 is 0 Å². The average Bonchev–Trinajstić information content (AvgIpc) is 3.11. The van der Waals surface area contributed by atoms with E-state index >= 15 is 0 Å². The van der Waals surface area contributed by atoms with Crippen LogP contribution in [0, 0.1) is 0 Å². The van der Waals surface area contributed by atoms with Gasteiger partial charge in [-0.05, 0) is 42.5 Å². The molecule has 2 aromatic carbocycles. The molecule has 0 unspecified atom stereocenters. The predicted molar refractivity (Wildman–Crippen MR) is 99.0 cm³/mol. The third kappa shape index (κ3) is 3.64. The van der Waals surface area contributed by atoms with Crippen LogP contribution >= 0.6 is 0 Å². The molecule has 1 heterocycles. The van der Waals surface area contributed by atoms with Gasteiger partial charge in [-0.1, -0.05) is 54.9 Å². The number of hydrogen-bond acceptors (Lipinski definition) is 4. The monoisotopic (exact) mass is 333 g/mol. The molecule has 0 radical (unpaired) electrons. The number of rotatable bonds is 6. The maximum absolute atomic E-state index is 5.44. The minimum atomic E-state index is 0.563. The molecule has 1 aliphatic carbocycles. The second-order valence-corrected chi connectivity index (χ2v) is 6.68. The van der Waals surface area contributed by atoms with Gasteiger partial charge in [0.1, 0.15) is 0 Å². The summed E-state index contributed by atoms with van der Waals surface area (Å²) in [5, 5.41) is 7.71. The van der Waals surface area contributed by atoms with Gasteiger partial charge in [-0.2, -0.15) is 4.98 Å². The summed E-state index contributed by atoms with van der Waals surface area (Å²) >= 11 is 0. The van der Waals surface area contributed by atoms with Crippen LogP contribution in [0.5, 0.6) is 0 Å². The van der Waals surface area contributed by atoms with Gasteiger partial charge in [0.05, 0.1) is 0 Å². The molecular weight excluding hydrogens is 310 g/mol. The zero-order valence-corrected chi connectivity index (χ0v) is 14.5. The molecule has 1 saturated carbocycles. The van der Waals surface area contributed by atoms with Gasteiger partial charge >= 0.3 is 0 Å². The molecule has 1 N–H and O–H groups in total. The number of hydrogen-bond donors (Lipinski definition) is 1. The first-order chi connectivity index (χ1) is 12.3. The van der Waals surface area contributed by atoms with Crippen LogP contribution in [0.4, 0.5) is 0 Å². The van der Waals surface area contributed by atoms with Crippen molar-refractivity contribution < 1.29 is 4.52 Å². The zero-order chi connectivity index (χ0) is 17.1. The topological polar surface area (TPSA) is 51.0 Å². The molecule has 25 heavy (non-hydrogen) atoms. The Morgan fingerprint density at radius 1 is 0.960 bits per heavy atom. The van der Waals surface area contributed by atoms with Gasteiger partial charge in [0.15, 0.2) is 0 Å². The highest BCUT2D eigenvalue weighted by Crippen LogP contribution is 2.23. The first-order valence-electron chi connectivity index (χ1n) is 9.07. The van der Waals surface area contributed by atoms with Crippen molar-refractivity contribution in [2.75, 3.05) is 0 Å². The lowest BCUT2D eigenvalue weighted by Gasteiger charge is -2.26. The Bertz CT molecular complexity index is 817. The molecule has 0 aliphatic heterocycles. The average molecular weight is 333 g/mol. The Morgan fingerprint density at radius 2 is 1.64 bits per heavy atom. The molecule has 1 aliphatic rings. The Balaban J connectivity index is 1.45. The van der Waals surface area contributed by atoms with Crippen molar-refractivity contribution in [1.29, 1.82) is 0 Å². The van der Waals surface area contributed by atoms with Gasteiger partial charge < -0.3 is 9.84 Å². The zero-order valence-electron chi connectivity index (χ0n) is 14.5. The number of nitrogens with one attached hydrogen (secondary N) is 1. The van der Waals surface area contributed by atoms with Crippen molar-refractivity contribution in [3.05, 3.63) is 59.7 Å². The molecule has 4 nitrogen and oxygen atoms in total. The first-order valence-corrected chi connectivity index (χ1v) is 9.07. The van der Waals surface area contributed by atoms with E-state index in [1.807, 2.05) is 12.1 Å². The Labute approximate surface area is 148 Å². The lowest BCUT2D eigenvalue weighted by atomic mass is 9.93. The van der Waals surface area contributed by atoms with Crippen molar-refractivity contribution in [2.24, 2.45) is 0 Å². The van der Waals surface area contributed by atoms with Crippen molar-refractivity contribution in [3.8, 4) is 22.8 Å². The molecule has 4 rings (SSSR count). The fraction of sp³-hybridized carbons (Fsp3) is 0.333. The van der Waals surface area contributed by atoms with Crippen LogP contribution < -0.4 is 5.32 Å². The number of nitrogens with zero attached hydrogens (tertiary/aromatic N) is 2. The quantitative estimate of drug-likeness (QED) is 0.716. The highest BCUT2D eigenvalue weighted by molar-refractivity contribution is 5.60. The van der Waals surface area contributed by atoms with Gasteiger partial charge in [-0.15, -0.1) is 0 Å². The van der Waals surface area contributed by atoms with E-state index in [1.165, 1.54) is 30.4 Å². The van der Waals surface area contributed by atoms with E-state index in [1.54, 1.807) is 0 Å². The van der Waals surface area contributed by atoms with Crippen LogP contribution in [-0.4, -0.2) is 16.2 Å². The molecule has 0 bridgehead atoms. The molecule has 0 amide bonds. The van der Waals surface area contributed by atoms with Crippen molar-refractivity contribution in [2.45, 2.75) is 45.2 Å². The van der Waals surface area contributed by atoms with Gasteiger partial charge in [0.25, 0.3) is 5.89 Å². The predicted octanol–water partition coefficient (Wildman–Crippen LogP) is 4.61. The molecular formula is C21H23N3O. The van der Waals surface area contributed by atoms with E-state index in [9.17, 15) is 0 Å². The summed E-state index contributed by atoms with van der Waals surface area (Å²) in [5.41, 5.74) is 4.52. The van der Waals surface area contributed by atoms with Crippen molar-refractivity contribution in [3.63, 3.8) is 0 Å². The second-order valence-electron chi connectivity index (χ2n) is 6.68. The van der Waals surface area contributed by atoms with Crippen LogP contribution in [-0.2, 0) is 13.0 Å². The lowest BCUT2D eigenvalue weighted by molar-refractivity contribution is 0.338. The summed E-state index contributed by atoms with van der Waals surface area (Å²) in [7, 11) is 0. The van der Waals surface area contributed by atoms with E-state index in [4.69, 9.17) is 4.52 Å². The van der Waals surface area contributed by atoms with Gasteiger partial charge in [0, 0.05) is 23.7 Å². The van der Waals surface area contributed by atoms with Crippen LogP contribution in [0.15, 0.2) is 53.1 Å². The van der Waals surface area contributed by atoms with Crippen molar-refractivity contribution >= 4 is 0 Å². The molecule has 0 atom stereocenters. The van der Waals surface area contributed by atoms with Crippen LogP contribution in [0.2, 0.25) is 0 Å². The van der Waals surface area contributed by atoms with E-state index in [-0.39, 0.29) is 0 Å². The highest BCUT2D eigenvalue weighted by Gasteiger charge is 2.16. The van der Waals surface area contributed by atoms with E-state index in [0.717, 1.165) is 24.1 Å². The maximum Gasteiger partial charge on any atom is 0.258 e. The van der Waals surface area contributed by atoms with Crippen LogP contribution in [0.25, 0.3) is 22.8 Å². The number of benzene rings is 2. The second kappa shape index (κ2) is 7.19. The lowest BCUT2D eigenvalue weighted by Crippen LogP contribution is -2.34. The molecule has 1 aromatic heterocycles. The molecule has 4 heteroatoms. The largest absolute Gasteiger partial charge is 0.334 e. The SMILES string of the molecule is CCc1ccc(-c2nc(-c3ccc(CNC4CCC4)cc3)no2)cc1. The molecule has 1 fully saturated rings. The summed E-state index contributed by atoms with van der Waals surface area (Å²) in [5.74, 6) is 1.20. The minimum Gasteiger partial charge on any atom is -0.334 e. The fourth-order valence-electron chi connectivity index (χ4n) is 2.99. The standard InChI is InChI=1S/C21H23N3O/c1-2-15-6-12-18(13-7-15)21-23-20(24-25-21)17-10-8-16(9-11-17)14-22-19-4-3-5-19/h6-13,19,22H,2-5,14H2,1H3. The maximum atomic E-state index is 5.44. The summed E-state index contributed by atoms with van der Waals surface area (Å²) in [6.45, 7) is 3.07. The van der Waals surface area contributed by atoms with Gasteiger partial charge in [-0.25, -0.2) is 0 Å². The van der Waals surface area contributed by atoms with E-state index in [0.29, 0.717) is 17.8 Å². The minimum absolute atomic E-state index is 0.563. The Morgan fingerprint density at radius 3 is 2.28 bits per heavy atom. The van der Waals surface area contributed by atoms with Crippen LogP contribution in [0.3, 0.4) is 0 Å². The Kier molecular flexibility index (Phi) is 4.61. The van der Waals surface area contributed by atoms with Crippen molar-refractivity contribution in [1.82, 2.24) is 15.5 Å². The fourth-order valence-corrected chi connectivity index (χ4v) is 2.99. The highest BCUT2D eigenvalue weighted by atomic mass is 16.5. The van der Waals surface area contributed by atoms with E-state index in [2.05, 4.69) is 58.8 Å². The summed E-state index contributed by atoms with van der Waals surface area (Å²) in [4.78, 5) is 4.54. The number of aryl methyl sites for hydroxylation is 1. The Hall–Kier alpha value is -2.46. The third-order valence-electron chi connectivity index (χ3n) is 4.95. The molecule has 128 valence electrons. The summed E-state index contributed by atoms with van der Waals surface area (Å²) < 4.78 is 5.44.